The highest BCUT2D eigenvalue weighted by Gasteiger charge is 2.58. The second-order valence-corrected chi connectivity index (χ2v) is 11.5. The maximum Gasteiger partial charge on any atom is 0.251 e. The first-order valence-corrected chi connectivity index (χ1v) is 13.7. The Morgan fingerprint density at radius 2 is 1.97 bits per heavy atom. The zero-order chi connectivity index (χ0) is 25.9. The molecule has 4 N–H and O–H groups in total. The average molecular weight is 501 g/mol. The SMILES string of the molecule is CCC1(CC)CC(=O)N([C@@H](c2cccc(C(=O)NC3c4ccccc4C[C@H]3O)c2)[C@@H]2CC3CC32)C(=N)N1. The highest BCUT2D eigenvalue weighted by molar-refractivity contribution is 6.00. The van der Waals surface area contributed by atoms with Gasteiger partial charge >= 0.3 is 0 Å². The molecule has 2 saturated carbocycles. The molecule has 2 aromatic rings. The van der Waals surface area contributed by atoms with Gasteiger partial charge in [0.15, 0.2) is 5.96 Å². The summed E-state index contributed by atoms with van der Waals surface area (Å²) in [4.78, 5) is 28.6. The molecule has 7 heteroatoms. The van der Waals surface area contributed by atoms with E-state index in [0.717, 1.165) is 41.9 Å². The van der Waals surface area contributed by atoms with Crippen LogP contribution in [-0.4, -0.2) is 39.4 Å². The number of amides is 2. The first kappa shape index (κ1) is 24.2. The lowest BCUT2D eigenvalue weighted by Gasteiger charge is -2.48. The van der Waals surface area contributed by atoms with Crippen LogP contribution in [0.1, 0.15) is 85.1 Å². The Labute approximate surface area is 218 Å². The highest BCUT2D eigenvalue weighted by atomic mass is 16.3. The van der Waals surface area contributed by atoms with Gasteiger partial charge in [0, 0.05) is 17.5 Å². The van der Waals surface area contributed by atoms with Crippen molar-refractivity contribution in [3.8, 4) is 0 Å². The van der Waals surface area contributed by atoms with Gasteiger partial charge in [-0.1, -0.05) is 50.2 Å². The third-order valence-corrected chi connectivity index (χ3v) is 9.50. The molecule has 2 aromatic carbocycles. The van der Waals surface area contributed by atoms with Crippen molar-refractivity contribution in [3.05, 3.63) is 70.8 Å². The van der Waals surface area contributed by atoms with Gasteiger partial charge in [-0.2, -0.15) is 0 Å². The van der Waals surface area contributed by atoms with Gasteiger partial charge < -0.3 is 15.7 Å². The van der Waals surface area contributed by atoms with Crippen molar-refractivity contribution in [3.63, 3.8) is 0 Å². The van der Waals surface area contributed by atoms with E-state index in [9.17, 15) is 14.7 Å². The highest BCUT2D eigenvalue weighted by Crippen LogP contribution is 2.64. The number of benzene rings is 2. The fourth-order valence-corrected chi connectivity index (χ4v) is 7.01. The third kappa shape index (κ3) is 4.04. The summed E-state index contributed by atoms with van der Waals surface area (Å²) >= 11 is 0. The second-order valence-electron chi connectivity index (χ2n) is 11.5. The smallest absolute Gasteiger partial charge is 0.251 e. The van der Waals surface area contributed by atoms with Crippen LogP contribution < -0.4 is 10.6 Å². The average Bonchev–Trinajstić information content (AvgIpc) is 3.44. The van der Waals surface area contributed by atoms with E-state index in [1.807, 2.05) is 42.5 Å². The van der Waals surface area contributed by atoms with E-state index in [0.29, 0.717) is 30.2 Å². The lowest BCUT2D eigenvalue weighted by molar-refractivity contribution is -0.134. The predicted molar refractivity (Wildman–Crippen MR) is 141 cm³/mol. The zero-order valence-electron chi connectivity index (χ0n) is 21.5. The number of rotatable bonds is 7. The van der Waals surface area contributed by atoms with Crippen molar-refractivity contribution in [1.29, 1.82) is 5.41 Å². The van der Waals surface area contributed by atoms with Crippen LogP contribution in [-0.2, 0) is 11.2 Å². The number of nitrogens with zero attached hydrogens (tertiary/aromatic N) is 1. The molecule has 6 rings (SSSR count). The van der Waals surface area contributed by atoms with E-state index in [1.54, 1.807) is 11.0 Å². The Morgan fingerprint density at radius 1 is 1.19 bits per heavy atom. The Balaban J connectivity index is 1.28. The maximum atomic E-state index is 13.6. The van der Waals surface area contributed by atoms with Crippen LogP contribution in [0, 0.1) is 23.2 Å². The fourth-order valence-electron chi connectivity index (χ4n) is 7.01. The molecule has 37 heavy (non-hydrogen) atoms. The van der Waals surface area contributed by atoms with Crippen LogP contribution in [0.3, 0.4) is 0 Å². The van der Waals surface area contributed by atoms with Crippen LogP contribution in [0.4, 0.5) is 0 Å². The molecule has 3 aliphatic carbocycles. The van der Waals surface area contributed by atoms with Gasteiger partial charge in [-0.3, -0.25) is 19.9 Å². The quantitative estimate of drug-likeness (QED) is 0.460. The Morgan fingerprint density at radius 3 is 2.65 bits per heavy atom. The summed E-state index contributed by atoms with van der Waals surface area (Å²) in [7, 11) is 0. The van der Waals surface area contributed by atoms with E-state index in [1.165, 1.54) is 6.42 Å². The van der Waals surface area contributed by atoms with Crippen molar-refractivity contribution in [2.75, 3.05) is 0 Å². The van der Waals surface area contributed by atoms with E-state index in [-0.39, 0.29) is 29.4 Å². The first-order valence-electron chi connectivity index (χ1n) is 13.7. The minimum absolute atomic E-state index is 0.0120. The number of nitrogens with one attached hydrogen (secondary N) is 3. The van der Waals surface area contributed by atoms with Crippen LogP contribution >= 0.6 is 0 Å². The molecule has 2 amide bonds. The van der Waals surface area contributed by atoms with E-state index >= 15 is 0 Å². The molecule has 0 aromatic heterocycles. The fraction of sp³-hybridized carbons (Fsp3) is 0.500. The van der Waals surface area contributed by atoms with Gasteiger partial charge in [-0.15, -0.1) is 0 Å². The molecule has 7 nitrogen and oxygen atoms in total. The zero-order valence-corrected chi connectivity index (χ0v) is 21.5. The summed E-state index contributed by atoms with van der Waals surface area (Å²) in [5.74, 6) is 1.56. The number of aliphatic hydroxyl groups is 1. The van der Waals surface area contributed by atoms with Crippen molar-refractivity contribution in [2.45, 2.75) is 76.1 Å². The number of guanidine groups is 1. The number of aliphatic hydroxyl groups excluding tert-OH is 1. The van der Waals surface area contributed by atoms with Crippen molar-refractivity contribution < 1.29 is 14.7 Å². The van der Waals surface area contributed by atoms with Gasteiger partial charge in [0.25, 0.3) is 5.91 Å². The molecule has 0 bridgehead atoms. The predicted octanol–water partition coefficient (Wildman–Crippen LogP) is 4.09. The lowest BCUT2D eigenvalue weighted by Crippen LogP contribution is -2.63. The van der Waals surface area contributed by atoms with Crippen molar-refractivity contribution in [2.24, 2.45) is 17.8 Å². The maximum absolute atomic E-state index is 13.6. The van der Waals surface area contributed by atoms with Gasteiger partial charge in [0.05, 0.1) is 24.6 Å². The van der Waals surface area contributed by atoms with Crippen LogP contribution in [0.5, 0.6) is 0 Å². The molecule has 3 fully saturated rings. The minimum Gasteiger partial charge on any atom is -0.390 e. The van der Waals surface area contributed by atoms with Crippen molar-refractivity contribution >= 4 is 17.8 Å². The van der Waals surface area contributed by atoms with Gasteiger partial charge in [-0.25, -0.2) is 0 Å². The normalized spacial score (nSPS) is 30.0. The largest absolute Gasteiger partial charge is 0.390 e. The standard InChI is InChI=1S/C30H36N4O3/c1-3-30(4-2)16-25(36)34(29(31)33-30)27(23-14-20-13-22(20)23)18-9-7-10-19(12-18)28(37)32-26-21-11-6-5-8-17(21)15-24(26)35/h5-12,20,22-24,26-27,35H,3-4,13-16H2,1-2H3,(H2,31,33)(H,32,37)/t20?,22?,23-,24-,26?,27+/m1/s1. The van der Waals surface area contributed by atoms with E-state index in [2.05, 4.69) is 24.5 Å². The summed E-state index contributed by atoms with van der Waals surface area (Å²) in [6.45, 7) is 4.12. The molecular weight excluding hydrogens is 464 g/mol. The molecular formula is C30H36N4O3. The summed E-state index contributed by atoms with van der Waals surface area (Å²) in [5.41, 5.74) is 3.06. The van der Waals surface area contributed by atoms with Gasteiger partial charge in [-0.05, 0) is 72.3 Å². The molecule has 4 aliphatic rings. The molecule has 6 atom stereocenters. The topological polar surface area (TPSA) is 106 Å². The summed E-state index contributed by atoms with van der Waals surface area (Å²) in [6, 6.07) is 14.6. The van der Waals surface area contributed by atoms with Crippen molar-refractivity contribution in [1.82, 2.24) is 15.5 Å². The summed E-state index contributed by atoms with van der Waals surface area (Å²) < 4.78 is 0. The molecule has 1 aliphatic heterocycles. The van der Waals surface area contributed by atoms with Gasteiger partial charge in [0.1, 0.15) is 0 Å². The molecule has 1 saturated heterocycles. The Hall–Kier alpha value is -3.19. The van der Waals surface area contributed by atoms with Crippen LogP contribution in [0.2, 0.25) is 0 Å². The molecule has 0 radical (unpaired) electrons. The van der Waals surface area contributed by atoms with Crippen LogP contribution in [0.25, 0.3) is 0 Å². The van der Waals surface area contributed by atoms with Gasteiger partial charge in [0.2, 0.25) is 5.91 Å². The molecule has 0 spiro atoms. The third-order valence-electron chi connectivity index (χ3n) is 9.50. The monoisotopic (exact) mass is 500 g/mol. The molecule has 3 unspecified atom stereocenters. The molecule has 1 heterocycles. The number of carbonyl (C=O) groups is 2. The van der Waals surface area contributed by atoms with E-state index in [4.69, 9.17) is 5.41 Å². The lowest BCUT2D eigenvalue weighted by atomic mass is 9.75. The Bertz CT molecular complexity index is 1230. The minimum atomic E-state index is -0.658. The van der Waals surface area contributed by atoms with Crippen LogP contribution in [0.15, 0.2) is 48.5 Å². The number of carbonyl (C=O) groups excluding carboxylic acids is 2. The first-order chi connectivity index (χ1) is 17.8. The number of hydrogen-bond acceptors (Lipinski definition) is 4. The summed E-state index contributed by atoms with van der Waals surface area (Å²) in [6.07, 6.45) is 4.06. The Kier molecular flexibility index (Phi) is 5.86. The summed E-state index contributed by atoms with van der Waals surface area (Å²) in [5, 5.41) is 25.9. The second kappa shape index (κ2) is 8.98. The number of fused-ring (bicyclic) bond motifs is 2. The van der Waals surface area contributed by atoms with E-state index < -0.39 is 12.1 Å². The number of hydrogen-bond donors (Lipinski definition) is 4. The molecule has 194 valence electrons.